The number of halogens is 2. The van der Waals surface area contributed by atoms with Gasteiger partial charge in [0, 0.05) is 16.2 Å². The molecule has 0 saturated heterocycles. The first-order valence-corrected chi connectivity index (χ1v) is 6.22. The molecule has 0 bridgehead atoms. The van der Waals surface area contributed by atoms with E-state index in [1.54, 1.807) is 6.07 Å². The Morgan fingerprint density at radius 3 is 2.59 bits per heavy atom. The minimum atomic E-state index is -0.226. The highest BCUT2D eigenvalue weighted by Gasteiger charge is 2.05. The molecule has 88 valence electrons. The molecule has 0 fully saturated rings. The van der Waals surface area contributed by atoms with E-state index in [0.717, 1.165) is 15.7 Å². The van der Waals surface area contributed by atoms with Crippen LogP contribution in [0.15, 0.2) is 53.0 Å². The van der Waals surface area contributed by atoms with Crippen molar-refractivity contribution in [3.8, 4) is 0 Å². The number of hydrogen-bond acceptors (Lipinski definition) is 1. The van der Waals surface area contributed by atoms with Crippen LogP contribution in [0.4, 0.5) is 10.1 Å². The van der Waals surface area contributed by atoms with Crippen LogP contribution in [0, 0.1) is 5.82 Å². The monoisotopic (exact) mass is 293 g/mol. The minimum absolute atomic E-state index is 0.134. The van der Waals surface area contributed by atoms with Crippen LogP contribution in [0.5, 0.6) is 0 Å². The molecule has 2 aromatic carbocycles. The van der Waals surface area contributed by atoms with Gasteiger partial charge >= 0.3 is 0 Å². The van der Waals surface area contributed by atoms with E-state index in [-0.39, 0.29) is 11.9 Å². The maximum atomic E-state index is 13.0. The molecule has 1 unspecified atom stereocenters. The highest BCUT2D eigenvalue weighted by Crippen LogP contribution is 2.22. The Morgan fingerprint density at radius 1 is 1.12 bits per heavy atom. The molecule has 0 aromatic heterocycles. The zero-order valence-electron chi connectivity index (χ0n) is 9.45. The van der Waals surface area contributed by atoms with Crippen molar-refractivity contribution >= 4 is 21.6 Å². The summed E-state index contributed by atoms with van der Waals surface area (Å²) in [4.78, 5) is 0. The summed E-state index contributed by atoms with van der Waals surface area (Å²) in [5.41, 5.74) is 1.95. The summed E-state index contributed by atoms with van der Waals surface area (Å²) in [5, 5.41) is 3.27. The molecule has 1 atom stereocenters. The fraction of sp³-hybridized carbons (Fsp3) is 0.143. The maximum Gasteiger partial charge on any atom is 0.125 e. The number of anilines is 1. The van der Waals surface area contributed by atoms with Gasteiger partial charge in [-0.15, -0.1) is 0 Å². The van der Waals surface area contributed by atoms with Crippen molar-refractivity contribution < 1.29 is 4.39 Å². The van der Waals surface area contributed by atoms with Crippen LogP contribution in [-0.2, 0) is 0 Å². The van der Waals surface area contributed by atoms with Crippen LogP contribution in [0.2, 0.25) is 0 Å². The molecule has 0 aliphatic rings. The summed E-state index contributed by atoms with van der Waals surface area (Å²) < 4.78 is 14.1. The zero-order valence-corrected chi connectivity index (χ0v) is 11.0. The lowest BCUT2D eigenvalue weighted by Gasteiger charge is -2.16. The average Bonchev–Trinajstić information content (AvgIpc) is 2.29. The summed E-state index contributed by atoms with van der Waals surface area (Å²) >= 11 is 3.44. The van der Waals surface area contributed by atoms with Crippen LogP contribution in [0.3, 0.4) is 0 Å². The van der Waals surface area contributed by atoms with E-state index < -0.39 is 0 Å². The third kappa shape index (κ3) is 3.30. The van der Waals surface area contributed by atoms with Crippen LogP contribution >= 0.6 is 15.9 Å². The topological polar surface area (TPSA) is 12.0 Å². The smallest absolute Gasteiger partial charge is 0.125 e. The second kappa shape index (κ2) is 5.32. The van der Waals surface area contributed by atoms with Crippen molar-refractivity contribution in [3.63, 3.8) is 0 Å². The SMILES string of the molecule is CC(Nc1cccc(F)c1)c1cccc(Br)c1. The lowest BCUT2D eigenvalue weighted by molar-refractivity contribution is 0.628. The van der Waals surface area contributed by atoms with Gasteiger partial charge in [0.2, 0.25) is 0 Å². The second-order valence-electron chi connectivity index (χ2n) is 3.93. The number of rotatable bonds is 3. The molecule has 0 aliphatic carbocycles. The van der Waals surface area contributed by atoms with Crippen molar-refractivity contribution in [2.45, 2.75) is 13.0 Å². The van der Waals surface area contributed by atoms with Gasteiger partial charge in [-0.2, -0.15) is 0 Å². The van der Waals surface area contributed by atoms with Crippen molar-refractivity contribution in [1.82, 2.24) is 0 Å². The third-order valence-corrected chi connectivity index (χ3v) is 3.05. The molecule has 0 spiro atoms. The largest absolute Gasteiger partial charge is 0.378 e. The fourth-order valence-corrected chi connectivity index (χ4v) is 2.10. The van der Waals surface area contributed by atoms with Gasteiger partial charge in [-0.1, -0.05) is 34.1 Å². The summed E-state index contributed by atoms with van der Waals surface area (Å²) in [6.45, 7) is 2.05. The summed E-state index contributed by atoms with van der Waals surface area (Å²) in [7, 11) is 0. The Bertz CT molecular complexity index is 513. The molecule has 0 amide bonds. The Labute approximate surface area is 109 Å². The lowest BCUT2D eigenvalue weighted by atomic mass is 10.1. The molecule has 0 saturated carbocycles. The maximum absolute atomic E-state index is 13.0. The number of nitrogens with one attached hydrogen (secondary N) is 1. The molecule has 2 rings (SSSR count). The molecule has 1 nitrogen and oxygen atoms in total. The Morgan fingerprint density at radius 2 is 1.88 bits per heavy atom. The lowest BCUT2D eigenvalue weighted by Crippen LogP contribution is -2.06. The summed E-state index contributed by atoms with van der Waals surface area (Å²) in [6.07, 6.45) is 0. The molecule has 17 heavy (non-hydrogen) atoms. The highest BCUT2D eigenvalue weighted by atomic mass is 79.9. The van der Waals surface area contributed by atoms with E-state index in [0.29, 0.717) is 0 Å². The van der Waals surface area contributed by atoms with Gasteiger partial charge < -0.3 is 5.32 Å². The van der Waals surface area contributed by atoms with Crippen LogP contribution in [0.1, 0.15) is 18.5 Å². The van der Waals surface area contributed by atoms with Gasteiger partial charge in [0.15, 0.2) is 0 Å². The molecule has 3 heteroatoms. The van der Waals surface area contributed by atoms with Crippen LogP contribution in [-0.4, -0.2) is 0 Å². The molecule has 1 N–H and O–H groups in total. The van der Waals surface area contributed by atoms with E-state index in [4.69, 9.17) is 0 Å². The quantitative estimate of drug-likeness (QED) is 0.860. The predicted octanol–water partition coefficient (Wildman–Crippen LogP) is 4.76. The Kier molecular flexibility index (Phi) is 3.79. The highest BCUT2D eigenvalue weighted by molar-refractivity contribution is 9.10. The van der Waals surface area contributed by atoms with E-state index in [2.05, 4.69) is 27.3 Å². The van der Waals surface area contributed by atoms with Crippen molar-refractivity contribution in [2.75, 3.05) is 5.32 Å². The van der Waals surface area contributed by atoms with Crippen molar-refractivity contribution in [3.05, 3.63) is 64.4 Å². The van der Waals surface area contributed by atoms with Gasteiger partial charge in [-0.05, 0) is 42.8 Å². The van der Waals surface area contributed by atoms with E-state index >= 15 is 0 Å². The standard InChI is InChI=1S/C14H13BrFN/c1-10(11-4-2-5-12(15)8-11)17-14-7-3-6-13(16)9-14/h2-10,17H,1H3. The summed E-state index contributed by atoms with van der Waals surface area (Å²) in [6, 6.07) is 14.7. The van der Waals surface area contributed by atoms with E-state index in [1.807, 2.05) is 31.2 Å². The van der Waals surface area contributed by atoms with Gasteiger partial charge in [-0.25, -0.2) is 4.39 Å². The Hall–Kier alpha value is -1.35. The van der Waals surface area contributed by atoms with Gasteiger partial charge in [0.1, 0.15) is 5.82 Å². The molecular formula is C14H13BrFN. The van der Waals surface area contributed by atoms with Crippen molar-refractivity contribution in [2.24, 2.45) is 0 Å². The Balaban J connectivity index is 2.14. The molecule has 2 aromatic rings. The minimum Gasteiger partial charge on any atom is -0.378 e. The van der Waals surface area contributed by atoms with Crippen molar-refractivity contribution in [1.29, 1.82) is 0 Å². The first kappa shape index (κ1) is 12.1. The molecule has 0 aliphatic heterocycles. The first-order chi connectivity index (χ1) is 8.15. The molecular weight excluding hydrogens is 281 g/mol. The third-order valence-electron chi connectivity index (χ3n) is 2.56. The average molecular weight is 294 g/mol. The zero-order chi connectivity index (χ0) is 12.3. The van der Waals surface area contributed by atoms with Gasteiger partial charge in [0.05, 0.1) is 0 Å². The number of hydrogen-bond donors (Lipinski definition) is 1. The number of benzene rings is 2. The van der Waals surface area contributed by atoms with Gasteiger partial charge in [-0.3, -0.25) is 0 Å². The van der Waals surface area contributed by atoms with Crippen LogP contribution in [0.25, 0.3) is 0 Å². The van der Waals surface area contributed by atoms with Crippen LogP contribution < -0.4 is 5.32 Å². The molecule has 0 heterocycles. The van der Waals surface area contributed by atoms with Gasteiger partial charge in [0.25, 0.3) is 0 Å². The fourth-order valence-electron chi connectivity index (χ4n) is 1.69. The van der Waals surface area contributed by atoms with E-state index in [9.17, 15) is 4.39 Å². The summed E-state index contributed by atoms with van der Waals surface area (Å²) in [5.74, 6) is -0.226. The predicted molar refractivity (Wildman–Crippen MR) is 72.6 cm³/mol. The normalized spacial score (nSPS) is 12.2. The first-order valence-electron chi connectivity index (χ1n) is 5.43. The second-order valence-corrected chi connectivity index (χ2v) is 4.85. The van der Waals surface area contributed by atoms with E-state index in [1.165, 1.54) is 12.1 Å². The molecule has 0 radical (unpaired) electrons.